The number of aliphatic hydroxyl groups excluding tert-OH is 1. The summed E-state index contributed by atoms with van der Waals surface area (Å²) in [5.74, 6) is 11.7. The van der Waals surface area contributed by atoms with Crippen LogP contribution in [0.4, 0.5) is 0 Å². The van der Waals surface area contributed by atoms with E-state index >= 15 is 0 Å². The molecule has 0 aliphatic carbocycles. The first-order valence-corrected chi connectivity index (χ1v) is 13.8. The van der Waals surface area contributed by atoms with Gasteiger partial charge in [0.05, 0.1) is 21.0 Å². The number of carbonyl (C=O) groups is 2. The molecule has 1 atom stereocenters. The van der Waals surface area contributed by atoms with E-state index in [-0.39, 0.29) is 85.2 Å². The molecule has 0 saturated heterocycles. The zero-order chi connectivity index (χ0) is 28.2. The molecule has 39 heavy (non-hydrogen) atoms. The summed E-state index contributed by atoms with van der Waals surface area (Å²) in [5.41, 5.74) is 0. The maximum absolute atomic E-state index is 11.8. The van der Waals surface area contributed by atoms with Crippen molar-refractivity contribution in [2.24, 2.45) is 0 Å². The monoisotopic (exact) mass is 597 g/mol. The third-order valence-electron chi connectivity index (χ3n) is 4.46. The molecular formula is C26H50NNa2O9P. The Bertz CT molecular complexity index is 871. The van der Waals surface area contributed by atoms with Gasteiger partial charge in [-0.15, -0.1) is 0 Å². The molecule has 220 valence electrons. The van der Waals surface area contributed by atoms with Crippen LogP contribution < -0.4 is 74.2 Å². The minimum Gasteiger partial charge on any atom is -0.790 e. The number of phosphoric ester groups is 1. The van der Waals surface area contributed by atoms with Crippen LogP contribution in [-0.4, -0.2) is 43.1 Å². The number of esters is 1. The molecule has 10 nitrogen and oxygen atoms in total. The number of nitrogens with one attached hydrogen (secondary N) is 1. The van der Waals surface area contributed by atoms with E-state index in [1.54, 1.807) is 6.92 Å². The fourth-order valence-electron chi connectivity index (χ4n) is 2.75. The topological polar surface area (TPSA) is 157 Å². The molecule has 2 N–H and O–H groups in total. The Labute approximate surface area is 285 Å². The maximum Gasteiger partial charge on any atom is 1.00 e. The average molecular weight is 598 g/mol. The predicted octanol–water partition coefficient (Wildman–Crippen LogP) is -2.63. The molecule has 0 radical (unpaired) electrons. The Morgan fingerprint density at radius 1 is 0.923 bits per heavy atom. The van der Waals surface area contributed by atoms with Gasteiger partial charge in [0.15, 0.2) is 0 Å². The van der Waals surface area contributed by atoms with Crippen molar-refractivity contribution in [3.05, 3.63) is 0 Å². The molecule has 0 aromatic rings. The Morgan fingerprint density at radius 2 is 1.46 bits per heavy atom. The number of rotatable bonds is 18. The molecule has 0 rings (SSSR count). The SMILES string of the molecule is CC#CC#CC#CNC(C)=O.CCCCCCCCCCCCC(=O)O[C@@H](COCO)COP(=O)([O-])[O-].[HH].[HH].[HH].[HH].[HH].[Na+].[Na+]. The van der Waals surface area contributed by atoms with Crippen LogP contribution in [0.15, 0.2) is 0 Å². The van der Waals surface area contributed by atoms with E-state index < -0.39 is 33.3 Å². The molecule has 0 aromatic carbocycles. The van der Waals surface area contributed by atoms with E-state index in [1.165, 1.54) is 45.4 Å². The Morgan fingerprint density at radius 3 is 1.95 bits per heavy atom. The summed E-state index contributed by atoms with van der Waals surface area (Å²) in [4.78, 5) is 43.0. The molecule has 0 heterocycles. The fraction of sp³-hybridized carbons (Fsp3) is 0.692. The molecule has 0 bridgehead atoms. The normalized spacial score (nSPS) is 10.1. The van der Waals surface area contributed by atoms with Gasteiger partial charge in [-0.05, 0) is 25.2 Å². The van der Waals surface area contributed by atoms with Gasteiger partial charge in [0.2, 0.25) is 5.91 Å². The van der Waals surface area contributed by atoms with Crippen molar-refractivity contribution in [3.63, 3.8) is 0 Å². The van der Waals surface area contributed by atoms with Crippen molar-refractivity contribution in [3.8, 4) is 35.6 Å². The number of hydrogen-bond donors (Lipinski definition) is 2. The van der Waals surface area contributed by atoms with E-state index in [4.69, 9.17) is 9.84 Å². The van der Waals surface area contributed by atoms with Gasteiger partial charge in [-0.25, -0.2) is 0 Å². The van der Waals surface area contributed by atoms with E-state index in [2.05, 4.69) is 57.1 Å². The molecular weight excluding hydrogens is 547 g/mol. The Hall–Kier alpha value is -0.350. The number of phosphoric acid groups is 1. The summed E-state index contributed by atoms with van der Waals surface area (Å²) >= 11 is 0. The van der Waals surface area contributed by atoms with Crippen molar-refractivity contribution in [2.45, 2.75) is 97.5 Å². The summed E-state index contributed by atoms with van der Waals surface area (Å²) in [6, 6.07) is 2.35. The zero-order valence-electron chi connectivity index (χ0n) is 24.1. The van der Waals surface area contributed by atoms with Crippen LogP contribution in [0.2, 0.25) is 0 Å². The standard InChI is InChI=1S/C17H35O8P.C9H7NO.2Na.5H2/c1-2-3-4-5-6-7-8-9-10-11-12-17(19)25-16(13-23-15-18)14-24-26(20,21)22;1-3-4-5-6-7-8-10-9(2)11;;;;;;;/h16,18H,2-15H2,1H3,(H2,20,21,22);1-2H3,(H,10,11);;;5*1H/q;;2*+1;;;;;/p-2/t16-;;;;;;;;/m0......../s1. The molecule has 0 aromatic heterocycles. The summed E-state index contributed by atoms with van der Waals surface area (Å²) in [6.07, 6.45) is 10.6. The van der Waals surface area contributed by atoms with Crippen molar-refractivity contribution < 1.29 is 109 Å². The van der Waals surface area contributed by atoms with Crippen LogP contribution in [0.3, 0.4) is 0 Å². The van der Waals surface area contributed by atoms with Gasteiger partial charge in [0, 0.05) is 38.4 Å². The maximum atomic E-state index is 11.8. The first-order valence-electron chi connectivity index (χ1n) is 12.4. The Kier molecular flexibility index (Phi) is 39.6. The summed E-state index contributed by atoms with van der Waals surface area (Å²) < 4.78 is 24.3. The number of ether oxygens (including phenoxy) is 2. The Balaban J connectivity index is -0.0000000846. The number of carbonyl (C=O) groups excluding carboxylic acids is 2. The second kappa shape index (κ2) is 33.9. The molecule has 13 heteroatoms. The van der Waals surface area contributed by atoms with Crippen molar-refractivity contribution in [2.75, 3.05) is 20.0 Å². The average Bonchev–Trinajstić information content (AvgIpc) is 2.84. The summed E-state index contributed by atoms with van der Waals surface area (Å²) in [6.45, 7) is 3.79. The predicted molar refractivity (Wildman–Crippen MR) is 146 cm³/mol. The largest absolute Gasteiger partial charge is 1.00 e. The zero-order valence-corrected chi connectivity index (χ0v) is 29.0. The molecule has 1 amide bonds. The minimum atomic E-state index is -5.15. The first-order chi connectivity index (χ1) is 17.7. The third-order valence-corrected chi connectivity index (χ3v) is 4.92. The van der Waals surface area contributed by atoms with Gasteiger partial charge in [-0.3, -0.25) is 14.9 Å². The molecule has 0 aliphatic rings. The van der Waals surface area contributed by atoms with E-state index in [9.17, 15) is 23.9 Å². The molecule has 0 unspecified atom stereocenters. The third kappa shape index (κ3) is 42.3. The van der Waals surface area contributed by atoms with Gasteiger partial charge in [0.1, 0.15) is 12.9 Å². The van der Waals surface area contributed by atoms with Crippen molar-refractivity contribution in [1.29, 1.82) is 0 Å². The first kappa shape index (κ1) is 45.6. The molecule has 0 aliphatic heterocycles. The van der Waals surface area contributed by atoms with E-state index in [0.29, 0.717) is 6.42 Å². The van der Waals surface area contributed by atoms with Crippen molar-refractivity contribution >= 4 is 19.7 Å². The van der Waals surface area contributed by atoms with Crippen LogP contribution in [0.1, 0.15) is 98.5 Å². The number of unbranched alkanes of at least 4 members (excludes halogenated alkanes) is 9. The smallest absolute Gasteiger partial charge is 0.790 e. The summed E-state index contributed by atoms with van der Waals surface area (Å²) in [5, 5.41) is 10.9. The molecule has 0 fully saturated rings. The van der Waals surface area contributed by atoms with E-state index in [0.717, 1.165) is 19.3 Å². The van der Waals surface area contributed by atoms with Crippen LogP contribution in [0, 0.1) is 35.6 Å². The fourth-order valence-corrected chi connectivity index (χ4v) is 3.10. The van der Waals surface area contributed by atoms with Gasteiger partial charge in [-0.1, -0.05) is 70.6 Å². The van der Waals surface area contributed by atoms with Gasteiger partial charge in [0.25, 0.3) is 0 Å². The van der Waals surface area contributed by atoms with Crippen LogP contribution >= 0.6 is 7.82 Å². The number of aliphatic hydroxyl groups is 1. The van der Waals surface area contributed by atoms with Crippen LogP contribution in [-0.2, 0) is 28.2 Å². The second-order valence-corrected chi connectivity index (χ2v) is 9.00. The summed E-state index contributed by atoms with van der Waals surface area (Å²) in [7, 11) is -5.15. The van der Waals surface area contributed by atoms with Gasteiger partial charge >= 0.3 is 65.1 Å². The van der Waals surface area contributed by atoms with E-state index in [1.807, 2.05) is 0 Å². The van der Waals surface area contributed by atoms with Gasteiger partial charge in [-0.2, -0.15) is 0 Å². The van der Waals surface area contributed by atoms with Crippen LogP contribution in [0.25, 0.3) is 0 Å². The molecule has 0 saturated carbocycles. The number of hydrogen-bond acceptors (Lipinski definition) is 9. The quantitative estimate of drug-likeness (QED) is 0.0328. The van der Waals surface area contributed by atoms with Gasteiger partial charge < -0.3 is 33.5 Å². The second-order valence-electron chi connectivity index (χ2n) is 7.84. The molecule has 0 spiro atoms. The van der Waals surface area contributed by atoms with Crippen LogP contribution in [0.5, 0.6) is 0 Å². The minimum absolute atomic E-state index is 0. The van der Waals surface area contributed by atoms with Crippen molar-refractivity contribution in [1.82, 2.24) is 5.32 Å². The number of amides is 1.